The lowest BCUT2D eigenvalue weighted by Gasteiger charge is -2.10. The van der Waals surface area contributed by atoms with Crippen molar-refractivity contribution in [1.82, 2.24) is 9.55 Å². The maximum absolute atomic E-state index is 13.1. The van der Waals surface area contributed by atoms with Gasteiger partial charge in [-0.2, -0.15) is 0 Å². The Balaban J connectivity index is 1.99. The van der Waals surface area contributed by atoms with E-state index in [0.29, 0.717) is 29.0 Å². The summed E-state index contributed by atoms with van der Waals surface area (Å²) in [4.78, 5) is 4.38. The highest BCUT2D eigenvalue weighted by atomic mass is 35.5. The van der Waals surface area contributed by atoms with Gasteiger partial charge < -0.3 is 4.57 Å². The van der Waals surface area contributed by atoms with Crippen molar-refractivity contribution in [2.75, 3.05) is 12.0 Å². The van der Waals surface area contributed by atoms with E-state index in [1.807, 2.05) is 0 Å². The molecule has 0 aliphatic heterocycles. The summed E-state index contributed by atoms with van der Waals surface area (Å²) in [6.45, 7) is 0.291. The SMILES string of the molecule is CS(=O)(=O)CCCn1c(CS(=O)(=O)c2ccc(F)cc2)nc2cc(Cl)ccc21. The molecular formula is C18H18ClFN2O4S2. The van der Waals surface area contributed by atoms with E-state index in [2.05, 4.69) is 4.98 Å². The van der Waals surface area contributed by atoms with Crippen LogP contribution in [-0.4, -0.2) is 38.4 Å². The van der Waals surface area contributed by atoms with Gasteiger partial charge >= 0.3 is 0 Å². The maximum atomic E-state index is 13.1. The van der Waals surface area contributed by atoms with Crippen molar-refractivity contribution in [1.29, 1.82) is 0 Å². The van der Waals surface area contributed by atoms with Crippen LogP contribution >= 0.6 is 11.6 Å². The first-order chi connectivity index (χ1) is 13.0. The minimum atomic E-state index is -3.77. The highest BCUT2D eigenvalue weighted by Crippen LogP contribution is 2.24. The van der Waals surface area contributed by atoms with Gasteiger partial charge in [0.15, 0.2) is 9.84 Å². The Kier molecular flexibility index (Phi) is 5.79. The van der Waals surface area contributed by atoms with Crippen molar-refractivity contribution in [3.63, 3.8) is 0 Å². The van der Waals surface area contributed by atoms with Crippen LogP contribution < -0.4 is 0 Å². The van der Waals surface area contributed by atoms with Gasteiger partial charge in [0, 0.05) is 17.8 Å². The monoisotopic (exact) mass is 444 g/mol. The second-order valence-electron chi connectivity index (χ2n) is 6.51. The van der Waals surface area contributed by atoms with Crippen LogP contribution in [0.3, 0.4) is 0 Å². The van der Waals surface area contributed by atoms with Crippen molar-refractivity contribution in [2.45, 2.75) is 23.6 Å². The number of benzene rings is 2. The van der Waals surface area contributed by atoms with Gasteiger partial charge in [-0.1, -0.05) is 11.6 Å². The number of hydrogen-bond acceptors (Lipinski definition) is 5. The van der Waals surface area contributed by atoms with E-state index in [1.54, 1.807) is 22.8 Å². The molecule has 0 radical (unpaired) electrons. The lowest BCUT2D eigenvalue weighted by atomic mass is 10.3. The summed E-state index contributed by atoms with van der Waals surface area (Å²) in [6, 6.07) is 9.59. The summed E-state index contributed by atoms with van der Waals surface area (Å²) in [5, 5.41) is 0.459. The van der Waals surface area contributed by atoms with Gasteiger partial charge in [0.2, 0.25) is 0 Å². The molecule has 150 valence electrons. The van der Waals surface area contributed by atoms with Gasteiger partial charge in [-0.3, -0.25) is 0 Å². The Labute approximate surface area is 167 Å². The van der Waals surface area contributed by atoms with Crippen LogP contribution in [0, 0.1) is 5.82 Å². The van der Waals surface area contributed by atoms with Crippen LogP contribution in [0.1, 0.15) is 12.2 Å². The molecule has 0 saturated carbocycles. The molecule has 0 bridgehead atoms. The highest BCUT2D eigenvalue weighted by molar-refractivity contribution is 7.90. The summed E-state index contributed by atoms with van der Waals surface area (Å²) in [5.74, 6) is -0.675. The smallest absolute Gasteiger partial charge is 0.185 e. The lowest BCUT2D eigenvalue weighted by molar-refractivity contribution is 0.582. The average molecular weight is 445 g/mol. The molecule has 0 amide bonds. The number of aryl methyl sites for hydroxylation is 1. The van der Waals surface area contributed by atoms with Gasteiger partial charge in [-0.05, 0) is 48.9 Å². The molecule has 10 heteroatoms. The number of sulfone groups is 2. The molecule has 0 unspecified atom stereocenters. The van der Waals surface area contributed by atoms with Crippen molar-refractivity contribution in [3.8, 4) is 0 Å². The summed E-state index contributed by atoms with van der Waals surface area (Å²) in [7, 11) is -6.91. The predicted octanol–water partition coefficient (Wildman–Crippen LogP) is 3.24. The highest BCUT2D eigenvalue weighted by Gasteiger charge is 2.21. The van der Waals surface area contributed by atoms with Crippen molar-refractivity contribution in [3.05, 3.63) is 59.1 Å². The molecule has 0 aliphatic carbocycles. The summed E-state index contributed by atoms with van der Waals surface area (Å²) in [5.41, 5.74) is 1.19. The Morgan fingerprint density at radius 2 is 1.75 bits per heavy atom. The standard InChI is InChI=1S/C18H18ClFN2O4S2/c1-27(23,24)10-2-9-22-17-8-3-13(19)11-16(17)21-18(22)12-28(25,26)15-6-4-14(20)5-7-15/h3-8,11H,2,9-10,12H2,1H3. The number of hydrogen-bond donors (Lipinski definition) is 0. The van der Waals surface area contributed by atoms with E-state index in [0.717, 1.165) is 18.4 Å². The van der Waals surface area contributed by atoms with Gasteiger partial charge in [0.05, 0.1) is 21.7 Å². The Bertz CT molecular complexity index is 1220. The van der Waals surface area contributed by atoms with Crippen molar-refractivity contribution in [2.24, 2.45) is 0 Å². The van der Waals surface area contributed by atoms with E-state index in [4.69, 9.17) is 11.6 Å². The van der Waals surface area contributed by atoms with Crippen molar-refractivity contribution < 1.29 is 21.2 Å². The zero-order chi connectivity index (χ0) is 20.5. The number of fused-ring (bicyclic) bond motifs is 1. The zero-order valence-electron chi connectivity index (χ0n) is 15.0. The molecule has 6 nitrogen and oxygen atoms in total. The van der Waals surface area contributed by atoms with E-state index in [9.17, 15) is 21.2 Å². The first-order valence-electron chi connectivity index (χ1n) is 8.36. The normalized spacial score (nSPS) is 12.5. The molecule has 1 heterocycles. The lowest BCUT2D eigenvalue weighted by Crippen LogP contribution is -2.13. The van der Waals surface area contributed by atoms with Gasteiger partial charge in [-0.15, -0.1) is 0 Å². The number of nitrogens with zero attached hydrogens (tertiary/aromatic N) is 2. The molecule has 1 aromatic heterocycles. The second kappa shape index (κ2) is 7.81. The van der Waals surface area contributed by atoms with Gasteiger partial charge in [0.25, 0.3) is 0 Å². The molecule has 0 aliphatic rings. The largest absolute Gasteiger partial charge is 0.327 e. The maximum Gasteiger partial charge on any atom is 0.185 e. The average Bonchev–Trinajstić information content (AvgIpc) is 2.90. The van der Waals surface area contributed by atoms with E-state index < -0.39 is 31.2 Å². The fraction of sp³-hybridized carbons (Fsp3) is 0.278. The first kappa shape index (κ1) is 20.8. The topological polar surface area (TPSA) is 86.1 Å². The number of halogens is 2. The van der Waals surface area contributed by atoms with Crippen LogP contribution in [-0.2, 0) is 32.0 Å². The quantitative estimate of drug-likeness (QED) is 0.522. The number of aromatic nitrogens is 2. The van der Waals surface area contributed by atoms with Crippen molar-refractivity contribution >= 4 is 42.3 Å². The minimum absolute atomic E-state index is 0.0123. The second-order valence-corrected chi connectivity index (χ2v) is 11.2. The molecular weight excluding hydrogens is 427 g/mol. The van der Waals surface area contributed by atoms with Crippen LogP contribution in [0.2, 0.25) is 5.02 Å². The first-order valence-corrected chi connectivity index (χ1v) is 12.4. The minimum Gasteiger partial charge on any atom is -0.327 e. The van der Waals surface area contributed by atoms with Crippen LogP contribution in [0.5, 0.6) is 0 Å². The van der Waals surface area contributed by atoms with E-state index in [-0.39, 0.29) is 16.5 Å². The molecule has 3 rings (SSSR count). The molecule has 0 atom stereocenters. The number of imidazole rings is 1. The van der Waals surface area contributed by atoms with Crippen LogP contribution in [0.4, 0.5) is 4.39 Å². The Morgan fingerprint density at radius 1 is 1.07 bits per heavy atom. The fourth-order valence-electron chi connectivity index (χ4n) is 2.89. The Morgan fingerprint density at radius 3 is 2.39 bits per heavy atom. The Hall–Kier alpha value is -1.97. The summed E-state index contributed by atoms with van der Waals surface area (Å²) in [6.07, 6.45) is 1.47. The molecule has 3 aromatic rings. The number of rotatable bonds is 7. The van der Waals surface area contributed by atoms with Gasteiger partial charge in [-0.25, -0.2) is 26.2 Å². The molecule has 2 aromatic carbocycles. The third kappa shape index (κ3) is 4.89. The predicted molar refractivity (Wildman–Crippen MR) is 106 cm³/mol. The molecule has 28 heavy (non-hydrogen) atoms. The van der Waals surface area contributed by atoms with Crippen LogP contribution in [0.25, 0.3) is 11.0 Å². The summed E-state index contributed by atoms with van der Waals surface area (Å²) < 4.78 is 63.1. The molecule has 0 N–H and O–H groups in total. The van der Waals surface area contributed by atoms with Crippen LogP contribution in [0.15, 0.2) is 47.4 Å². The third-order valence-corrected chi connectivity index (χ3v) is 7.07. The zero-order valence-corrected chi connectivity index (χ0v) is 17.4. The third-order valence-electron chi connectivity index (χ3n) is 4.18. The molecule has 0 spiro atoms. The molecule has 0 saturated heterocycles. The van der Waals surface area contributed by atoms with E-state index >= 15 is 0 Å². The summed E-state index contributed by atoms with van der Waals surface area (Å²) >= 11 is 6.01. The fourth-order valence-corrected chi connectivity index (χ4v) is 4.99. The molecule has 0 fully saturated rings. The van der Waals surface area contributed by atoms with E-state index in [1.165, 1.54) is 12.1 Å². The van der Waals surface area contributed by atoms with Gasteiger partial charge in [0.1, 0.15) is 27.2 Å².